The first-order valence-corrected chi connectivity index (χ1v) is 7.46. The van der Waals surface area contributed by atoms with Crippen LogP contribution in [-0.4, -0.2) is 66.3 Å². The summed E-state index contributed by atoms with van der Waals surface area (Å²) in [5.74, 6) is 0.633. The molecular weight excluding hydrogens is 270 g/mol. The van der Waals surface area contributed by atoms with Crippen LogP contribution in [0.2, 0.25) is 0 Å². The fourth-order valence-electron chi connectivity index (χ4n) is 3.30. The van der Waals surface area contributed by atoms with Gasteiger partial charge in [0.2, 0.25) is 0 Å². The van der Waals surface area contributed by atoms with E-state index < -0.39 is 0 Å². The minimum atomic E-state index is -0.178. The first-order valence-electron chi connectivity index (χ1n) is 7.46. The molecule has 0 bridgehead atoms. The van der Waals surface area contributed by atoms with E-state index in [1.165, 1.54) is 0 Å². The van der Waals surface area contributed by atoms with Crippen LogP contribution in [0.15, 0.2) is 4.52 Å². The molecule has 0 radical (unpaired) electrons. The quantitative estimate of drug-likeness (QED) is 0.844. The Balaban J connectivity index is 1.54. The molecule has 3 rings (SSSR count). The van der Waals surface area contributed by atoms with Crippen LogP contribution in [0.5, 0.6) is 0 Å². The number of carbonyl (C=O) groups excluding carboxylic acids is 1. The van der Waals surface area contributed by atoms with Crippen molar-refractivity contribution in [3.63, 3.8) is 0 Å². The summed E-state index contributed by atoms with van der Waals surface area (Å²) in [6, 6.07) is 0.595. The maximum atomic E-state index is 12.1. The zero-order valence-electron chi connectivity index (χ0n) is 12.8. The minimum Gasteiger partial charge on any atom is -0.359 e. The Labute approximate surface area is 124 Å². The second-order valence-corrected chi connectivity index (χ2v) is 6.14. The second-order valence-electron chi connectivity index (χ2n) is 6.14. The van der Waals surface area contributed by atoms with Gasteiger partial charge in [-0.25, -0.2) is 4.79 Å². The number of anilines is 1. The summed E-state index contributed by atoms with van der Waals surface area (Å²) >= 11 is 0. The lowest BCUT2D eigenvalue weighted by Crippen LogP contribution is -2.48. The van der Waals surface area contributed by atoms with E-state index in [2.05, 4.69) is 32.6 Å². The van der Waals surface area contributed by atoms with Gasteiger partial charge in [0.1, 0.15) is 11.4 Å². The molecule has 2 fully saturated rings. The van der Waals surface area contributed by atoms with Crippen LogP contribution >= 0.6 is 0 Å². The number of urea groups is 1. The number of amides is 2. The molecule has 0 saturated carbocycles. The first kappa shape index (κ1) is 14.3. The maximum absolute atomic E-state index is 12.1. The summed E-state index contributed by atoms with van der Waals surface area (Å²) in [5, 5.41) is 9.74. The molecule has 0 spiro atoms. The van der Waals surface area contributed by atoms with Gasteiger partial charge in [-0.1, -0.05) is 5.16 Å². The number of nitrogens with zero attached hydrogens (tertiary/aromatic N) is 3. The average molecular weight is 293 g/mol. The highest BCUT2D eigenvalue weighted by Crippen LogP contribution is 2.22. The predicted molar refractivity (Wildman–Crippen MR) is 79.4 cm³/mol. The summed E-state index contributed by atoms with van der Waals surface area (Å²) < 4.78 is 5.05. The lowest BCUT2D eigenvalue weighted by atomic mass is 10.1. The number of hydrogen-bond donors (Lipinski definition) is 2. The van der Waals surface area contributed by atoms with Gasteiger partial charge in [0.05, 0.1) is 0 Å². The second kappa shape index (κ2) is 5.65. The number of rotatable bonds is 2. The number of aromatic nitrogens is 1. The van der Waals surface area contributed by atoms with Crippen molar-refractivity contribution in [1.82, 2.24) is 20.3 Å². The summed E-state index contributed by atoms with van der Waals surface area (Å²) in [4.78, 5) is 16.9. The SMILES string of the molecule is Cc1noc(C)c1NC(=O)N[C@H]1C[C@H]2CN(C)CCN2C1. The number of piperazine rings is 1. The zero-order valence-corrected chi connectivity index (χ0v) is 12.8. The largest absolute Gasteiger partial charge is 0.359 e. The van der Waals surface area contributed by atoms with Gasteiger partial charge in [-0.3, -0.25) is 4.90 Å². The third kappa shape index (κ3) is 3.03. The van der Waals surface area contributed by atoms with Crippen molar-refractivity contribution in [2.24, 2.45) is 0 Å². The molecule has 0 aromatic carbocycles. The molecule has 0 aliphatic carbocycles. The van der Waals surface area contributed by atoms with E-state index in [0.29, 0.717) is 23.2 Å². The van der Waals surface area contributed by atoms with Crippen LogP contribution < -0.4 is 10.6 Å². The summed E-state index contributed by atoms with van der Waals surface area (Å²) in [5.41, 5.74) is 1.37. The van der Waals surface area contributed by atoms with Crippen LogP contribution in [-0.2, 0) is 0 Å². The number of hydrogen-bond acceptors (Lipinski definition) is 5. The number of likely N-dealkylation sites (N-methyl/N-ethyl adjacent to an activating group) is 1. The van der Waals surface area contributed by atoms with Crippen molar-refractivity contribution in [3.05, 3.63) is 11.5 Å². The van der Waals surface area contributed by atoms with E-state index in [9.17, 15) is 4.79 Å². The Morgan fingerprint density at radius 1 is 1.33 bits per heavy atom. The summed E-state index contributed by atoms with van der Waals surface area (Å²) in [6.07, 6.45) is 1.01. The third-order valence-corrected chi connectivity index (χ3v) is 4.43. The van der Waals surface area contributed by atoms with E-state index in [1.54, 1.807) is 6.92 Å². The van der Waals surface area contributed by atoms with Crippen LogP contribution in [0.4, 0.5) is 10.5 Å². The third-order valence-electron chi connectivity index (χ3n) is 4.43. The molecule has 2 aliphatic heterocycles. The van der Waals surface area contributed by atoms with E-state index in [4.69, 9.17) is 4.52 Å². The van der Waals surface area contributed by atoms with Crippen LogP contribution in [0, 0.1) is 13.8 Å². The molecule has 3 heterocycles. The molecule has 2 saturated heterocycles. The van der Waals surface area contributed by atoms with Crippen molar-refractivity contribution in [2.45, 2.75) is 32.4 Å². The summed E-state index contributed by atoms with van der Waals surface area (Å²) in [7, 11) is 2.16. The fourth-order valence-corrected chi connectivity index (χ4v) is 3.30. The van der Waals surface area contributed by atoms with Gasteiger partial charge >= 0.3 is 6.03 Å². The molecule has 0 unspecified atom stereocenters. The highest BCUT2D eigenvalue weighted by Gasteiger charge is 2.35. The highest BCUT2D eigenvalue weighted by atomic mass is 16.5. The van der Waals surface area contributed by atoms with Crippen molar-refractivity contribution in [2.75, 3.05) is 38.5 Å². The molecule has 7 heteroatoms. The fraction of sp³-hybridized carbons (Fsp3) is 0.714. The van der Waals surface area contributed by atoms with Gasteiger partial charge in [-0.2, -0.15) is 0 Å². The van der Waals surface area contributed by atoms with Crippen molar-refractivity contribution in [1.29, 1.82) is 0 Å². The molecule has 7 nitrogen and oxygen atoms in total. The topological polar surface area (TPSA) is 73.6 Å². The van der Waals surface area contributed by atoms with Gasteiger partial charge in [-0.05, 0) is 27.3 Å². The Morgan fingerprint density at radius 3 is 2.86 bits per heavy atom. The van der Waals surface area contributed by atoms with Crippen molar-refractivity contribution >= 4 is 11.7 Å². The molecule has 2 atom stereocenters. The van der Waals surface area contributed by atoms with Crippen molar-refractivity contribution < 1.29 is 9.32 Å². The normalized spacial score (nSPS) is 26.6. The van der Waals surface area contributed by atoms with E-state index in [1.807, 2.05) is 6.92 Å². The average Bonchev–Trinajstić information content (AvgIpc) is 2.95. The van der Waals surface area contributed by atoms with Crippen LogP contribution in [0.3, 0.4) is 0 Å². The van der Waals surface area contributed by atoms with Gasteiger partial charge in [0.25, 0.3) is 0 Å². The van der Waals surface area contributed by atoms with Crippen molar-refractivity contribution in [3.8, 4) is 0 Å². The molecule has 2 aliphatic rings. The highest BCUT2D eigenvalue weighted by molar-refractivity contribution is 5.90. The van der Waals surface area contributed by atoms with Crippen LogP contribution in [0.1, 0.15) is 17.9 Å². The van der Waals surface area contributed by atoms with E-state index >= 15 is 0 Å². The number of aryl methyl sites for hydroxylation is 2. The van der Waals surface area contributed by atoms with Crippen LogP contribution in [0.25, 0.3) is 0 Å². The van der Waals surface area contributed by atoms with Gasteiger partial charge < -0.3 is 20.1 Å². The lowest BCUT2D eigenvalue weighted by Gasteiger charge is -2.34. The molecule has 2 N–H and O–H groups in total. The number of carbonyl (C=O) groups is 1. The van der Waals surface area contributed by atoms with Gasteiger partial charge in [0.15, 0.2) is 5.76 Å². The molecule has 116 valence electrons. The van der Waals surface area contributed by atoms with Gasteiger partial charge in [-0.15, -0.1) is 0 Å². The maximum Gasteiger partial charge on any atom is 0.319 e. The first-order chi connectivity index (χ1) is 10.0. The predicted octanol–water partition coefficient (Wildman–Crippen LogP) is 0.801. The molecule has 2 amide bonds. The molecule has 1 aromatic rings. The monoisotopic (exact) mass is 293 g/mol. The van der Waals surface area contributed by atoms with E-state index in [-0.39, 0.29) is 12.1 Å². The molecule has 1 aromatic heterocycles. The zero-order chi connectivity index (χ0) is 15.0. The Hall–Kier alpha value is -1.60. The Morgan fingerprint density at radius 2 is 2.14 bits per heavy atom. The Kier molecular flexibility index (Phi) is 3.86. The summed E-state index contributed by atoms with van der Waals surface area (Å²) in [6.45, 7) is 7.83. The minimum absolute atomic E-state index is 0.178. The smallest absolute Gasteiger partial charge is 0.319 e. The molecule has 21 heavy (non-hydrogen) atoms. The lowest BCUT2D eigenvalue weighted by molar-refractivity contribution is 0.124. The standard InChI is InChI=1S/C14H23N5O2/c1-9-13(10(2)21-17-9)16-14(20)15-11-6-12-8-18(3)4-5-19(12)7-11/h11-12H,4-8H2,1-3H3,(H2,15,16,20)/t11-,12-/m0/s1. The van der Waals surface area contributed by atoms with Gasteiger partial charge in [0, 0.05) is 38.3 Å². The molecular formula is C14H23N5O2. The Bertz CT molecular complexity index is 510. The van der Waals surface area contributed by atoms with E-state index in [0.717, 1.165) is 32.6 Å². The number of fused-ring (bicyclic) bond motifs is 1. The number of nitrogens with one attached hydrogen (secondary N) is 2.